The molecule has 32 heavy (non-hydrogen) atoms. The number of rotatable bonds is 6. The van der Waals surface area contributed by atoms with Crippen LogP contribution in [0.25, 0.3) is 6.08 Å². The minimum Gasteiger partial charge on any atom is -0.497 e. The van der Waals surface area contributed by atoms with Crippen molar-refractivity contribution in [1.29, 1.82) is 0 Å². The SMILES string of the molecule is COc1ccc(C=CC(=O)NC(=S)Nc2ccc(S(=O)(=O)N3CCCCCC3)cc2)cc1. The summed E-state index contributed by atoms with van der Waals surface area (Å²) in [4.78, 5) is 12.3. The molecule has 1 fully saturated rings. The Morgan fingerprint density at radius 1 is 1.00 bits per heavy atom. The molecule has 1 aliphatic rings. The van der Waals surface area contributed by atoms with Gasteiger partial charge >= 0.3 is 0 Å². The number of carbonyl (C=O) groups excluding carboxylic acids is 1. The molecule has 0 saturated carbocycles. The highest BCUT2D eigenvalue weighted by Gasteiger charge is 2.24. The number of sulfonamides is 1. The summed E-state index contributed by atoms with van der Waals surface area (Å²) in [6.45, 7) is 1.12. The average molecular weight is 474 g/mol. The number of benzene rings is 2. The number of hydrogen-bond donors (Lipinski definition) is 2. The lowest BCUT2D eigenvalue weighted by Crippen LogP contribution is -2.33. The number of carbonyl (C=O) groups is 1. The number of thiocarbonyl (C=S) groups is 1. The Balaban J connectivity index is 1.54. The second-order valence-corrected chi connectivity index (χ2v) is 9.74. The van der Waals surface area contributed by atoms with Crippen LogP contribution >= 0.6 is 12.2 Å². The number of methoxy groups -OCH3 is 1. The van der Waals surface area contributed by atoms with Crippen LogP contribution in [0.15, 0.2) is 59.5 Å². The van der Waals surface area contributed by atoms with Crippen LogP contribution in [0.3, 0.4) is 0 Å². The first-order valence-electron chi connectivity index (χ1n) is 10.4. The third-order valence-corrected chi connectivity index (χ3v) is 7.21. The van der Waals surface area contributed by atoms with Crippen molar-refractivity contribution in [3.05, 3.63) is 60.2 Å². The highest BCUT2D eigenvalue weighted by Crippen LogP contribution is 2.21. The van der Waals surface area contributed by atoms with Crippen LogP contribution in [-0.4, -0.2) is 43.9 Å². The van der Waals surface area contributed by atoms with Gasteiger partial charge in [0.1, 0.15) is 5.75 Å². The van der Waals surface area contributed by atoms with Gasteiger partial charge in [-0.15, -0.1) is 0 Å². The highest BCUT2D eigenvalue weighted by molar-refractivity contribution is 7.89. The largest absolute Gasteiger partial charge is 0.497 e. The summed E-state index contributed by atoms with van der Waals surface area (Å²) in [7, 11) is -1.91. The fourth-order valence-corrected chi connectivity index (χ4v) is 5.08. The molecule has 0 aliphatic carbocycles. The van der Waals surface area contributed by atoms with Crippen LogP contribution in [0.1, 0.15) is 31.2 Å². The first kappa shape index (κ1) is 23.9. The predicted octanol–water partition coefficient (Wildman–Crippen LogP) is 3.79. The first-order chi connectivity index (χ1) is 15.4. The summed E-state index contributed by atoms with van der Waals surface area (Å²) in [5.74, 6) is 0.362. The molecule has 170 valence electrons. The molecule has 9 heteroatoms. The zero-order valence-electron chi connectivity index (χ0n) is 17.9. The van der Waals surface area contributed by atoms with E-state index in [1.54, 1.807) is 53.9 Å². The zero-order chi connectivity index (χ0) is 23.0. The molecule has 0 aromatic heterocycles. The smallest absolute Gasteiger partial charge is 0.250 e. The molecule has 2 aromatic rings. The fourth-order valence-electron chi connectivity index (χ4n) is 3.34. The lowest BCUT2D eigenvalue weighted by molar-refractivity contribution is -0.115. The number of amides is 1. The molecule has 7 nitrogen and oxygen atoms in total. The lowest BCUT2D eigenvalue weighted by Gasteiger charge is -2.20. The van der Waals surface area contributed by atoms with Gasteiger partial charge in [0.2, 0.25) is 15.9 Å². The van der Waals surface area contributed by atoms with Crippen molar-refractivity contribution in [2.75, 3.05) is 25.5 Å². The molecule has 1 aliphatic heterocycles. The Labute approximate surface area is 194 Å². The van der Waals surface area contributed by atoms with Gasteiger partial charge in [-0.3, -0.25) is 10.1 Å². The molecule has 2 N–H and O–H groups in total. The molecule has 2 aromatic carbocycles. The van der Waals surface area contributed by atoms with Crippen molar-refractivity contribution in [2.24, 2.45) is 0 Å². The summed E-state index contributed by atoms with van der Waals surface area (Å²) in [5, 5.41) is 5.59. The second-order valence-electron chi connectivity index (χ2n) is 7.39. The molecule has 0 spiro atoms. The maximum absolute atomic E-state index is 12.9. The third kappa shape index (κ3) is 6.62. The van der Waals surface area contributed by atoms with Crippen LogP contribution in [0.2, 0.25) is 0 Å². The molecule has 1 amide bonds. The van der Waals surface area contributed by atoms with Gasteiger partial charge < -0.3 is 10.1 Å². The molecule has 0 bridgehead atoms. The van der Waals surface area contributed by atoms with Crippen molar-refractivity contribution < 1.29 is 17.9 Å². The van der Waals surface area contributed by atoms with Crippen molar-refractivity contribution >= 4 is 45.0 Å². The number of nitrogens with zero attached hydrogens (tertiary/aromatic N) is 1. The number of nitrogens with one attached hydrogen (secondary N) is 2. The number of anilines is 1. The van der Waals surface area contributed by atoms with E-state index in [4.69, 9.17) is 17.0 Å². The number of ether oxygens (including phenoxy) is 1. The topological polar surface area (TPSA) is 87.7 Å². The van der Waals surface area contributed by atoms with E-state index in [0.717, 1.165) is 37.0 Å². The first-order valence-corrected chi connectivity index (χ1v) is 12.3. The maximum atomic E-state index is 12.9. The van der Waals surface area contributed by atoms with E-state index in [0.29, 0.717) is 18.8 Å². The monoisotopic (exact) mass is 473 g/mol. The van der Waals surface area contributed by atoms with Gasteiger partial charge in [0, 0.05) is 24.9 Å². The zero-order valence-corrected chi connectivity index (χ0v) is 19.5. The van der Waals surface area contributed by atoms with Crippen LogP contribution in [0, 0.1) is 0 Å². The quantitative estimate of drug-likeness (QED) is 0.490. The van der Waals surface area contributed by atoms with E-state index >= 15 is 0 Å². The van der Waals surface area contributed by atoms with E-state index in [1.165, 1.54) is 6.08 Å². The van der Waals surface area contributed by atoms with Gasteiger partial charge in [-0.05, 0) is 73.1 Å². The van der Waals surface area contributed by atoms with Crippen LogP contribution in [0.5, 0.6) is 5.75 Å². The third-order valence-electron chi connectivity index (χ3n) is 5.09. The van der Waals surface area contributed by atoms with Gasteiger partial charge in [-0.2, -0.15) is 4.31 Å². The average Bonchev–Trinajstić information content (AvgIpc) is 3.08. The Kier molecular flexibility index (Phi) is 8.38. The Morgan fingerprint density at radius 3 is 2.22 bits per heavy atom. The minimum absolute atomic E-state index is 0.123. The summed E-state index contributed by atoms with van der Waals surface area (Å²) < 4.78 is 32.4. The summed E-state index contributed by atoms with van der Waals surface area (Å²) in [5.41, 5.74) is 1.44. The highest BCUT2D eigenvalue weighted by atomic mass is 32.2. The van der Waals surface area contributed by atoms with Crippen molar-refractivity contribution in [1.82, 2.24) is 9.62 Å². The van der Waals surface area contributed by atoms with Crippen molar-refractivity contribution in [2.45, 2.75) is 30.6 Å². The molecule has 0 atom stereocenters. The Bertz CT molecular complexity index is 1060. The second kappa shape index (κ2) is 11.2. The molecule has 1 saturated heterocycles. The fraction of sp³-hybridized carbons (Fsp3) is 0.304. The van der Waals surface area contributed by atoms with Crippen LogP contribution in [-0.2, 0) is 14.8 Å². The standard InChI is InChI=1S/C23H27N3O4S2/c1-30-20-11-6-18(7-12-20)8-15-22(27)25-23(31)24-19-9-13-21(14-10-19)32(28,29)26-16-4-2-3-5-17-26/h6-15H,2-5,16-17H2,1H3,(H2,24,25,27,31). The van der Waals surface area contributed by atoms with Gasteiger partial charge in [-0.1, -0.05) is 25.0 Å². The van der Waals surface area contributed by atoms with E-state index in [9.17, 15) is 13.2 Å². The van der Waals surface area contributed by atoms with Crippen molar-refractivity contribution in [3.8, 4) is 5.75 Å². The molecule has 0 unspecified atom stereocenters. The Hall–Kier alpha value is -2.75. The predicted molar refractivity (Wildman–Crippen MR) is 130 cm³/mol. The van der Waals surface area contributed by atoms with E-state index in [1.807, 2.05) is 12.1 Å². The lowest BCUT2D eigenvalue weighted by atomic mass is 10.2. The molecule has 1 heterocycles. The van der Waals surface area contributed by atoms with Gasteiger partial charge in [0.05, 0.1) is 12.0 Å². The normalized spacial score (nSPS) is 15.2. The number of hydrogen-bond acceptors (Lipinski definition) is 5. The summed E-state index contributed by atoms with van der Waals surface area (Å²) in [6.07, 6.45) is 6.95. The molecule has 3 rings (SSSR count). The summed E-state index contributed by atoms with van der Waals surface area (Å²) in [6, 6.07) is 13.7. The molecular formula is C23H27N3O4S2. The van der Waals surface area contributed by atoms with Crippen LogP contribution < -0.4 is 15.4 Å². The van der Waals surface area contributed by atoms with Crippen molar-refractivity contribution in [3.63, 3.8) is 0 Å². The Morgan fingerprint density at radius 2 is 1.62 bits per heavy atom. The van der Waals surface area contributed by atoms with Crippen LogP contribution in [0.4, 0.5) is 5.69 Å². The molecule has 0 radical (unpaired) electrons. The van der Waals surface area contributed by atoms with Gasteiger partial charge in [0.15, 0.2) is 5.11 Å². The minimum atomic E-state index is -3.50. The molecular weight excluding hydrogens is 446 g/mol. The van der Waals surface area contributed by atoms with E-state index < -0.39 is 10.0 Å². The van der Waals surface area contributed by atoms with Gasteiger partial charge in [0.25, 0.3) is 0 Å². The van der Waals surface area contributed by atoms with Gasteiger partial charge in [-0.25, -0.2) is 8.42 Å². The summed E-state index contributed by atoms with van der Waals surface area (Å²) >= 11 is 5.18. The van der Waals surface area contributed by atoms with E-state index in [2.05, 4.69) is 10.6 Å². The van der Waals surface area contributed by atoms with E-state index in [-0.39, 0.29) is 15.9 Å². The maximum Gasteiger partial charge on any atom is 0.250 e.